The molecule has 1 aromatic carbocycles. The number of hydrogen-bond donors (Lipinski definition) is 1. The van der Waals surface area contributed by atoms with Crippen LogP contribution in [-0.2, 0) is 0 Å². The molecule has 1 unspecified atom stereocenters. The molecule has 6 heteroatoms. The molecule has 21 heavy (non-hydrogen) atoms. The van der Waals surface area contributed by atoms with Gasteiger partial charge < -0.3 is 5.11 Å². The van der Waals surface area contributed by atoms with E-state index in [1.54, 1.807) is 32.9 Å². The van der Waals surface area contributed by atoms with Gasteiger partial charge in [0.2, 0.25) is 0 Å². The van der Waals surface area contributed by atoms with Crippen molar-refractivity contribution in [3.05, 3.63) is 35.1 Å². The van der Waals surface area contributed by atoms with Crippen LogP contribution in [0.15, 0.2) is 18.2 Å². The Bertz CT molecular complexity index is 459. The average molecular weight is 307 g/mol. The fourth-order valence-corrected chi connectivity index (χ4v) is 2.02. The lowest BCUT2D eigenvalue weighted by Gasteiger charge is -2.28. The third-order valence-corrected chi connectivity index (χ3v) is 3.38. The molecule has 0 amide bonds. The first-order valence-electron chi connectivity index (χ1n) is 6.85. The van der Waals surface area contributed by atoms with E-state index in [4.69, 9.17) is 0 Å². The number of nitrogens with zero attached hydrogens (tertiary/aromatic N) is 1. The fourth-order valence-electron chi connectivity index (χ4n) is 2.02. The number of aliphatic hydroxyl groups excluding tert-OH is 1. The largest absolute Gasteiger partial charge is 0.401 e. The SMILES string of the molecule is Cc1ccc(C(O)CCN(CC(F)(F)F)C(C)C)cc1F. The van der Waals surface area contributed by atoms with Crippen molar-refractivity contribution < 1.29 is 22.7 Å². The summed E-state index contributed by atoms with van der Waals surface area (Å²) in [6.45, 7) is 4.02. The molecule has 0 spiro atoms. The van der Waals surface area contributed by atoms with E-state index in [1.807, 2.05) is 0 Å². The summed E-state index contributed by atoms with van der Waals surface area (Å²) in [5.41, 5.74) is 0.848. The topological polar surface area (TPSA) is 23.5 Å². The van der Waals surface area contributed by atoms with Gasteiger partial charge in [0, 0.05) is 12.6 Å². The van der Waals surface area contributed by atoms with Crippen molar-refractivity contribution in [1.29, 1.82) is 0 Å². The van der Waals surface area contributed by atoms with Crippen LogP contribution in [0.1, 0.15) is 37.5 Å². The van der Waals surface area contributed by atoms with Crippen LogP contribution in [0.25, 0.3) is 0 Å². The second-order valence-electron chi connectivity index (χ2n) is 5.49. The molecule has 0 saturated carbocycles. The molecule has 1 N–H and O–H groups in total. The molecule has 0 aromatic heterocycles. The van der Waals surface area contributed by atoms with Crippen molar-refractivity contribution in [3.8, 4) is 0 Å². The summed E-state index contributed by atoms with van der Waals surface area (Å²) in [5.74, 6) is -0.428. The van der Waals surface area contributed by atoms with Crippen molar-refractivity contribution in [1.82, 2.24) is 4.90 Å². The van der Waals surface area contributed by atoms with E-state index in [1.165, 1.54) is 11.0 Å². The van der Waals surface area contributed by atoms with Gasteiger partial charge in [-0.1, -0.05) is 12.1 Å². The summed E-state index contributed by atoms with van der Waals surface area (Å²) < 4.78 is 50.8. The lowest BCUT2D eigenvalue weighted by molar-refractivity contribution is -0.150. The van der Waals surface area contributed by atoms with Crippen molar-refractivity contribution in [2.24, 2.45) is 0 Å². The van der Waals surface area contributed by atoms with Crippen molar-refractivity contribution in [2.45, 2.75) is 45.5 Å². The number of aliphatic hydroxyl groups is 1. The number of rotatable bonds is 6. The highest BCUT2D eigenvalue weighted by Gasteiger charge is 2.31. The smallest absolute Gasteiger partial charge is 0.388 e. The van der Waals surface area contributed by atoms with Gasteiger partial charge in [0.05, 0.1) is 12.6 Å². The minimum atomic E-state index is -4.27. The Balaban J connectivity index is 2.64. The molecular weight excluding hydrogens is 286 g/mol. The van der Waals surface area contributed by atoms with Crippen LogP contribution >= 0.6 is 0 Å². The molecule has 1 atom stereocenters. The molecular formula is C15H21F4NO. The van der Waals surface area contributed by atoms with Crippen LogP contribution in [-0.4, -0.2) is 35.3 Å². The van der Waals surface area contributed by atoms with Crippen LogP contribution in [0.3, 0.4) is 0 Å². The van der Waals surface area contributed by atoms with E-state index in [-0.39, 0.29) is 19.0 Å². The van der Waals surface area contributed by atoms with Gasteiger partial charge in [0.15, 0.2) is 0 Å². The van der Waals surface area contributed by atoms with Gasteiger partial charge in [-0.25, -0.2) is 4.39 Å². The highest BCUT2D eigenvalue weighted by Crippen LogP contribution is 2.22. The second-order valence-corrected chi connectivity index (χ2v) is 5.49. The molecule has 0 aliphatic carbocycles. The van der Waals surface area contributed by atoms with Gasteiger partial charge in [0.25, 0.3) is 0 Å². The second kappa shape index (κ2) is 7.22. The molecule has 0 aliphatic heterocycles. The Morgan fingerprint density at radius 3 is 2.33 bits per heavy atom. The van der Waals surface area contributed by atoms with Crippen LogP contribution in [0.2, 0.25) is 0 Å². The third kappa shape index (κ3) is 6.01. The third-order valence-electron chi connectivity index (χ3n) is 3.38. The molecule has 0 fully saturated rings. The maximum absolute atomic E-state index is 13.4. The van der Waals surface area contributed by atoms with Gasteiger partial charge in [-0.15, -0.1) is 0 Å². The van der Waals surface area contributed by atoms with Crippen molar-refractivity contribution >= 4 is 0 Å². The van der Waals surface area contributed by atoms with Crippen molar-refractivity contribution in [3.63, 3.8) is 0 Å². The number of alkyl halides is 3. The first-order valence-corrected chi connectivity index (χ1v) is 6.85. The van der Waals surface area contributed by atoms with Gasteiger partial charge in [0.1, 0.15) is 5.82 Å². The maximum atomic E-state index is 13.4. The number of hydrogen-bond acceptors (Lipinski definition) is 2. The molecule has 0 bridgehead atoms. The Morgan fingerprint density at radius 2 is 1.86 bits per heavy atom. The quantitative estimate of drug-likeness (QED) is 0.807. The minimum Gasteiger partial charge on any atom is -0.388 e. The Hall–Kier alpha value is -1.14. The molecule has 0 aliphatic rings. The van der Waals surface area contributed by atoms with Gasteiger partial charge in [-0.3, -0.25) is 4.90 Å². The predicted octanol–water partition coefficient (Wildman–Crippen LogP) is 3.83. The zero-order chi connectivity index (χ0) is 16.2. The first kappa shape index (κ1) is 17.9. The van der Waals surface area contributed by atoms with E-state index in [0.29, 0.717) is 11.1 Å². The monoisotopic (exact) mass is 307 g/mol. The zero-order valence-electron chi connectivity index (χ0n) is 12.4. The van der Waals surface area contributed by atoms with Gasteiger partial charge in [-0.2, -0.15) is 13.2 Å². The molecule has 1 rings (SSSR count). The zero-order valence-corrected chi connectivity index (χ0v) is 12.4. The molecule has 0 heterocycles. The van der Waals surface area contributed by atoms with Crippen LogP contribution in [0, 0.1) is 12.7 Å². The van der Waals surface area contributed by atoms with E-state index < -0.39 is 24.6 Å². The highest BCUT2D eigenvalue weighted by molar-refractivity contribution is 5.24. The van der Waals surface area contributed by atoms with Crippen molar-refractivity contribution in [2.75, 3.05) is 13.1 Å². The average Bonchev–Trinajstić information content (AvgIpc) is 2.35. The summed E-state index contributed by atoms with van der Waals surface area (Å²) >= 11 is 0. The van der Waals surface area contributed by atoms with Gasteiger partial charge in [-0.05, 0) is 44.4 Å². The fraction of sp³-hybridized carbons (Fsp3) is 0.600. The van der Waals surface area contributed by atoms with Crippen LogP contribution < -0.4 is 0 Å². The normalized spacial score (nSPS) is 14.0. The van der Waals surface area contributed by atoms with Crippen LogP contribution in [0.4, 0.5) is 17.6 Å². The Morgan fingerprint density at radius 1 is 1.24 bits per heavy atom. The number of benzene rings is 1. The lowest BCUT2D eigenvalue weighted by Crippen LogP contribution is -2.40. The summed E-state index contributed by atoms with van der Waals surface area (Å²) in [7, 11) is 0. The standard InChI is InChI=1S/C15H21F4NO/c1-10(2)20(9-15(17,18)19)7-6-14(21)12-5-4-11(3)13(16)8-12/h4-5,8,10,14,21H,6-7,9H2,1-3H3. The number of halogens is 4. The first-order chi connectivity index (χ1) is 9.60. The lowest BCUT2D eigenvalue weighted by atomic mass is 10.0. The molecule has 0 radical (unpaired) electrons. The Labute approximate surface area is 122 Å². The van der Waals surface area contributed by atoms with E-state index >= 15 is 0 Å². The van der Waals surface area contributed by atoms with E-state index in [0.717, 1.165) is 0 Å². The summed E-state index contributed by atoms with van der Waals surface area (Å²) in [4.78, 5) is 1.24. The molecule has 2 nitrogen and oxygen atoms in total. The minimum absolute atomic E-state index is 0.0911. The van der Waals surface area contributed by atoms with Gasteiger partial charge >= 0.3 is 6.18 Å². The van der Waals surface area contributed by atoms with Crippen LogP contribution in [0.5, 0.6) is 0 Å². The summed E-state index contributed by atoms with van der Waals surface area (Å²) in [6, 6.07) is 4.08. The summed E-state index contributed by atoms with van der Waals surface area (Å²) in [5, 5.41) is 9.99. The number of aryl methyl sites for hydroxylation is 1. The summed E-state index contributed by atoms with van der Waals surface area (Å²) in [6.07, 6.45) is -5.13. The highest BCUT2D eigenvalue weighted by atomic mass is 19.4. The Kier molecular flexibility index (Phi) is 6.16. The predicted molar refractivity (Wildman–Crippen MR) is 73.5 cm³/mol. The molecule has 1 aromatic rings. The molecule has 0 saturated heterocycles. The molecule has 120 valence electrons. The van der Waals surface area contributed by atoms with E-state index in [9.17, 15) is 22.7 Å². The maximum Gasteiger partial charge on any atom is 0.401 e. The van der Waals surface area contributed by atoms with E-state index in [2.05, 4.69) is 0 Å².